The Kier molecular flexibility index (Phi) is 5.39. The van der Waals surface area contributed by atoms with Crippen LogP contribution in [0.25, 0.3) is 0 Å². The van der Waals surface area contributed by atoms with E-state index < -0.39 is 9.84 Å². The predicted octanol–water partition coefficient (Wildman–Crippen LogP) is 1.09. The van der Waals surface area contributed by atoms with E-state index in [2.05, 4.69) is 29.0 Å². The first-order chi connectivity index (χ1) is 10.4. The second-order valence-corrected chi connectivity index (χ2v) is 7.79. The summed E-state index contributed by atoms with van der Waals surface area (Å²) in [6, 6.07) is 3.59. The van der Waals surface area contributed by atoms with Crippen molar-refractivity contribution in [2.24, 2.45) is 5.92 Å². The fourth-order valence-corrected chi connectivity index (χ4v) is 4.49. The molecule has 0 unspecified atom stereocenters. The molecule has 1 aliphatic rings. The van der Waals surface area contributed by atoms with Crippen LogP contribution >= 0.6 is 0 Å². The molecule has 1 fully saturated rings. The molecule has 1 amide bonds. The quantitative estimate of drug-likeness (QED) is 0.847. The Morgan fingerprint density at radius 2 is 2.09 bits per heavy atom. The van der Waals surface area contributed by atoms with E-state index in [1.807, 2.05) is 6.07 Å². The Bertz CT molecular complexity index is 609. The Labute approximate surface area is 131 Å². The summed E-state index contributed by atoms with van der Waals surface area (Å²) < 4.78 is 22.8. The minimum absolute atomic E-state index is 0.0249. The van der Waals surface area contributed by atoms with Gasteiger partial charge in [0, 0.05) is 25.8 Å². The third kappa shape index (κ3) is 4.19. The molecule has 0 aromatic carbocycles. The Morgan fingerprint density at radius 3 is 2.59 bits per heavy atom. The fraction of sp³-hybridized carbons (Fsp3) is 0.600. The van der Waals surface area contributed by atoms with Crippen LogP contribution in [-0.2, 0) is 9.84 Å². The number of nitrogens with one attached hydrogen (secondary N) is 1. The van der Waals surface area contributed by atoms with Gasteiger partial charge in [-0.3, -0.25) is 4.79 Å². The van der Waals surface area contributed by atoms with E-state index in [-0.39, 0.29) is 23.3 Å². The van der Waals surface area contributed by atoms with Gasteiger partial charge in [0.15, 0.2) is 9.84 Å². The van der Waals surface area contributed by atoms with Crippen LogP contribution in [0.1, 0.15) is 30.6 Å². The van der Waals surface area contributed by atoms with Crippen LogP contribution in [-0.4, -0.2) is 50.4 Å². The van der Waals surface area contributed by atoms with Gasteiger partial charge in [0.05, 0.1) is 17.1 Å². The lowest BCUT2D eigenvalue weighted by atomic mass is 10.1. The van der Waals surface area contributed by atoms with Gasteiger partial charge in [0.1, 0.15) is 5.82 Å². The highest BCUT2D eigenvalue weighted by molar-refractivity contribution is 7.91. The maximum absolute atomic E-state index is 12.1. The van der Waals surface area contributed by atoms with Crippen LogP contribution < -0.4 is 10.2 Å². The van der Waals surface area contributed by atoms with Crippen molar-refractivity contribution in [3.8, 4) is 0 Å². The molecule has 1 N–H and O–H groups in total. The zero-order valence-electron chi connectivity index (χ0n) is 13.1. The Hall–Kier alpha value is -1.63. The highest BCUT2D eigenvalue weighted by Gasteiger charge is 2.28. The van der Waals surface area contributed by atoms with Crippen molar-refractivity contribution in [3.05, 3.63) is 23.9 Å². The van der Waals surface area contributed by atoms with Crippen LogP contribution in [0.15, 0.2) is 18.3 Å². The molecule has 1 saturated heterocycles. The summed E-state index contributed by atoms with van der Waals surface area (Å²) in [5.74, 6) is 1.07. The van der Waals surface area contributed by atoms with Crippen LogP contribution in [0.3, 0.4) is 0 Å². The lowest BCUT2D eigenvalue weighted by molar-refractivity contribution is 0.0948. The molecule has 1 aromatic heterocycles. The number of nitrogens with zero attached hydrogens (tertiary/aromatic N) is 2. The highest BCUT2D eigenvalue weighted by Crippen LogP contribution is 2.17. The molecule has 1 aromatic rings. The van der Waals surface area contributed by atoms with Gasteiger partial charge in [-0.25, -0.2) is 13.4 Å². The van der Waals surface area contributed by atoms with Crippen molar-refractivity contribution in [2.75, 3.05) is 36.0 Å². The third-order valence-electron chi connectivity index (χ3n) is 3.98. The largest absolute Gasteiger partial charge is 0.357 e. The van der Waals surface area contributed by atoms with Gasteiger partial charge in [-0.05, 0) is 38.3 Å². The molecule has 7 heteroatoms. The SMILES string of the molecule is CCN(CC)c1ccc(C(=O)NC[C@H]2CCS(=O)(=O)C2)cn1. The Morgan fingerprint density at radius 1 is 1.36 bits per heavy atom. The average molecular weight is 325 g/mol. The second-order valence-electron chi connectivity index (χ2n) is 5.56. The van der Waals surface area contributed by atoms with Gasteiger partial charge in [-0.1, -0.05) is 0 Å². The molecular weight excluding hydrogens is 302 g/mol. The molecule has 1 atom stereocenters. The molecule has 122 valence electrons. The summed E-state index contributed by atoms with van der Waals surface area (Å²) in [5, 5.41) is 2.80. The van der Waals surface area contributed by atoms with Crippen LogP contribution in [0.2, 0.25) is 0 Å². The lowest BCUT2D eigenvalue weighted by Gasteiger charge is -2.19. The van der Waals surface area contributed by atoms with E-state index in [9.17, 15) is 13.2 Å². The van der Waals surface area contributed by atoms with E-state index in [0.29, 0.717) is 18.5 Å². The third-order valence-corrected chi connectivity index (χ3v) is 5.81. The normalized spacial score (nSPS) is 19.8. The summed E-state index contributed by atoms with van der Waals surface area (Å²) >= 11 is 0. The molecule has 22 heavy (non-hydrogen) atoms. The predicted molar refractivity (Wildman–Crippen MR) is 86.9 cm³/mol. The number of hydrogen-bond donors (Lipinski definition) is 1. The van der Waals surface area contributed by atoms with Gasteiger partial charge in [-0.15, -0.1) is 0 Å². The zero-order chi connectivity index (χ0) is 16.2. The first-order valence-electron chi connectivity index (χ1n) is 7.64. The van der Waals surface area contributed by atoms with E-state index in [1.165, 1.54) is 0 Å². The second kappa shape index (κ2) is 7.09. The molecule has 0 aliphatic carbocycles. The number of carbonyl (C=O) groups is 1. The maximum atomic E-state index is 12.1. The van der Waals surface area contributed by atoms with Gasteiger partial charge in [0.25, 0.3) is 5.91 Å². The highest BCUT2D eigenvalue weighted by atomic mass is 32.2. The van der Waals surface area contributed by atoms with Crippen molar-refractivity contribution in [1.82, 2.24) is 10.3 Å². The minimum Gasteiger partial charge on any atom is -0.357 e. The number of amides is 1. The Balaban J connectivity index is 1.90. The number of pyridine rings is 1. The fourth-order valence-electron chi connectivity index (χ4n) is 2.63. The van der Waals surface area contributed by atoms with Crippen molar-refractivity contribution in [3.63, 3.8) is 0 Å². The number of rotatable bonds is 6. The summed E-state index contributed by atoms with van der Waals surface area (Å²) in [4.78, 5) is 18.5. The molecule has 0 radical (unpaired) electrons. The smallest absolute Gasteiger partial charge is 0.252 e. The average Bonchev–Trinajstić information content (AvgIpc) is 2.86. The molecule has 0 saturated carbocycles. The van der Waals surface area contributed by atoms with Crippen molar-refractivity contribution in [2.45, 2.75) is 20.3 Å². The van der Waals surface area contributed by atoms with Crippen molar-refractivity contribution in [1.29, 1.82) is 0 Å². The van der Waals surface area contributed by atoms with E-state index >= 15 is 0 Å². The summed E-state index contributed by atoms with van der Waals surface area (Å²) in [6.07, 6.45) is 2.19. The summed E-state index contributed by atoms with van der Waals surface area (Å²) in [5.41, 5.74) is 0.497. The van der Waals surface area contributed by atoms with Crippen LogP contribution in [0, 0.1) is 5.92 Å². The van der Waals surface area contributed by atoms with Crippen molar-refractivity contribution < 1.29 is 13.2 Å². The van der Waals surface area contributed by atoms with E-state index in [1.54, 1.807) is 12.3 Å². The van der Waals surface area contributed by atoms with Gasteiger partial charge in [0.2, 0.25) is 0 Å². The summed E-state index contributed by atoms with van der Waals surface area (Å²) in [6.45, 7) is 6.25. The molecule has 2 heterocycles. The zero-order valence-corrected chi connectivity index (χ0v) is 13.9. The number of sulfone groups is 1. The molecule has 2 rings (SSSR count). The standard InChI is InChI=1S/C15H23N3O3S/c1-3-18(4-2)14-6-5-13(10-16-14)15(19)17-9-12-7-8-22(20,21)11-12/h5-6,10,12H,3-4,7-9,11H2,1-2H3,(H,17,19)/t12-/m1/s1. The first-order valence-corrected chi connectivity index (χ1v) is 9.47. The monoisotopic (exact) mass is 325 g/mol. The molecule has 1 aliphatic heterocycles. The van der Waals surface area contributed by atoms with Gasteiger partial charge < -0.3 is 10.2 Å². The summed E-state index contributed by atoms with van der Waals surface area (Å²) in [7, 11) is -2.90. The number of aromatic nitrogens is 1. The topological polar surface area (TPSA) is 79.4 Å². The van der Waals surface area contributed by atoms with Crippen molar-refractivity contribution >= 4 is 21.6 Å². The number of anilines is 1. The maximum Gasteiger partial charge on any atom is 0.252 e. The number of carbonyl (C=O) groups excluding carboxylic acids is 1. The van der Waals surface area contributed by atoms with E-state index in [0.717, 1.165) is 18.9 Å². The van der Waals surface area contributed by atoms with Gasteiger partial charge in [-0.2, -0.15) is 0 Å². The first kappa shape index (κ1) is 16.7. The van der Waals surface area contributed by atoms with Crippen LogP contribution in [0.4, 0.5) is 5.82 Å². The van der Waals surface area contributed by atoms with E-state index in [4.69, 9.17) is 0 Å². The van der Waals surface area contributed by atoms with Crippen LogP contribution in [0.5, 0.6) is 0 Å². The van der Waals surface area contributed by atoms with Gasteiger partial charge >= 0.3 is 0 Å². The molecule has 6 nitrogen and oxygen atoms in total. The number of hydrogen-bond acceptors (Lipinski definition) is 5. The lowest BCUT2D eigenvalue weighted by Crippen LogP contribution is -2.30. The minimum atomic E-state index is -2.90. The molecule has 0 spiro atoms. The molecular formula is C15H23N3O3S. The molecule has 0 bridgehead atoms.